The van der Waals surface area contributed by atoms with Crippen molar-refractivity contribution in [3.63, 3.8) is 0 Å². The zero-order valence-corrected chi connectivity index (χ0v) is 19.6. The van der Waals surface area contributed by atoms with Crippen molar-refractivity contribution >= 4 is 40.3 Å². The van der Waals surface area contributed by atoms with Crippen molar-refractivity contribution in [2.75, 3.05) is 13.1 Å². The standard InChI is InChI=1S/C22H30Cl2N4O2/c1-13-12-28(19-17(13)18(23)25-20(24)26-19)16-6-5-15(11-16)14-7-9-27(10-8-14)21(29)30-22(2,3)4/h12,14-16H,5-11H2,1-4H3. The molecule has 3 heterocycles. The van der Waals surface area contributed by atoms with Gasteiger partial charge >= 0.3 is 6.09 Å². The van der Waals surface area contributed by atoms with Gasteiger partial charge in [-0.3, -0.25) is 0 Å². The maximum absolute atomic E-state index is 12.3. The molecule has 2 aromatic heterocycles. The van der Waals surface area contributed by atoms with E-state index in [2.05, 4.69) is 20.7 Å². The van der Waals surface area contributed by atoms with E-state index >= 15 is 0 Å². The molecule has 2 atom stereocenters. The van der Waals surface area contributed by atoms with Gasteiger partial charge in [0.05, 0.1) is 5.39 Å². The van der Waals surface area contributed by atoms with Crippen molar-refractivity contribution in [2.24, 2.45) is 11.8 Å². The zero-order valence-electron chi connectivity index (χ0n) is 18.1. The van der Waals surface area contributed by atoms with E-state index in [0.29, 0.717) is 23.0 Å². The van der Waals surface area contributed by atoms with Gasteiger partial charge in [0.15, 0.2) is 0 Å². The highest BCUT2D eigenvalue weighted by atomic mass is 35.5. The summed E-state index contributed by atoms with van der Waals surface area (Å²) in [6, 6.07) is 0.400. The number of rotatable bonds is 2. The Labute approximate surface area is 187 Å². The highest BCUT2D eigenvalue weighted by molar-refractivity contribution is 6.35. The Morgan fingerprint density at radius 2 is 1.80 bits per heavy atom. The highest BCUT2D eigenvalue weighted by Crippen LogP contribution is 2.44. The number of halogens is 2. The first-order chi connectivity index (χ1) is 14.1. The van der Waals surface area contributed by atoms with Crippen molar-refractivity contribution in [2.45, 2.75) is 71.4 Å². The van der Waals surface area contributed by atoms with Gasteiger partial charge in [-0.25, -0.2) is 9.78 Å². The molecular formula is C22H30Cl2N4O2. The van der Waals surface area contributed by atoms with Gasteiger partial charge in [-0.15, -0.1) is 0 Å². The van der Waals surface area contributed by atoms with E-state index in [1.54, 1.807) is 0 Å². The number of carbonyl (C=O) groups excluding carboxylic acids is 1. The Bertz CT molecular complexity index is 945. The molecule has 2 unspecified atom stereocenters. The molecule has 2 fully saturated rings. The molecule has 4 rings (SSSR count). The molecule has 0 aromatic carbocycles. The largest absolute Gasteiger partial charge is 0.444 e. The molecule has 30 heavy (non-hydrogen) atoms. The number of hydrogen-bond acceptors (Lipinski definition) is 4. The van der Waals surface area contributed by atoms with Gasteiger partial charge in [-0.1, -0.05) is 11.6 Å². The SMILES string of the molecule is Cc1cn(C2CCC(C3CCN(C(=O)OC(C)(C)C)CC3)C2)c2nc(Cl)nc(Cl)c12. The van der Waals surface area contributed by atoms with E-state index in [4.69, 9.17) is 27.9 Å². The fraction of sp³-hybridized carbons (Fsp3) is 0.682. The number of nitrogens with zero attached hydrogens (tertiary/aromatic N) is 4. The Hall–Kier alpha value is -1.53. The lowest BCUT2D eigenvalue weighted by molar-refractivity contribution is 0.0159. The second-order valence-electron chi connectivity index (χ2n) is 9.73. The van der Waals surface area contributed by atoms with Crippen LogP contribution >= 0.6 is 23.2 Å². The van der Waals surface area contributed by atoms with E-state index in [0.717, 1.165) is 55.4 Å². The Kier molecular flexibility index (Phi) is 5.92. The molecule has 8 heteroatoms. The predicted octanol–water partition coefficient (Wildman–Crippen LogP) is 6.03. The maximum atomic E-state index is 12.3. The van der Waals surface area contributed by atoms with E-state index in [-0.39, 0.29) is 11.4 Å². The summed E-state index contributed by atoms with van der Waals surface area (Å²) in [5, 5.41) is 1.51. The van der Waals surface area contributed by atoms with E-state index < -0.39 is 5.60 Å². The number of carbonyl (C=O) groups is 1. The molecule has 0 N–H and O–H groups in total. The van der Waals surface area contributed by atoms with Crippen LogP contribution in [0.3, 0.4) is 0 Å². The zero-order chi connectivity index (χ0) is 21.6. The van der Waals surface area contributed by atoms with E-state index in [1.807, 2.05) is 32.6 Å². The van der Waals surface area contributed by atoms with Crippen molar-refractivity contribution in [3.05, 3.63) is 22.2 Å². The number of ether oxygens (including phenoxy) is 1. The normalized spacial score (nSPS) is 23.3. The summed E-state index contributed by atoms with van der Waals surface area (Å²) in [7, 11) is 0. The van der Waals surface area contributed by atoms with Crippen LogP contribution < -0.4 is 0 Å². The molecule has 1 saturated carbocycles. The summed E-state index contributed by atoms with van der Waals surface area (Å²) in [4.78, 5) is 22.8. The van der Waals surface area contributed by atoms with Gasteiger partial charge in [0.2, 0.25) is 5.28 Å². The van der Waals surface area contributed by atoms with Crippen molar-refractivity contribution < 1.29 is 9.53 Å². The molecule has 0 radical (unpaired) electrons. The second-order valence-corrected chi connectivity index (χ2v) is 10.4. The molecule has 1 aliphatic heterocycles. The van der Waals surface area contributed by atoms with Crippen molar-refractivity contribution in [1.29, 1.82) is 0 Å². The first kappa shape index (κ1) is 21.7. The quantitative estimate of drug-likeness (QED) is 0.411. The first-order valence-corrected chi connectivity index (χ1v) is 11.6. The molecule has 1 aliphatic carbocycles. The number of fused-ring (bicyclic) bond motifs is 1. The summed E-state index contributed by atoms with van der Waals surface area (Å²) in [5.41, 5.74) is 1.48. The fourth-order valence-corrected chi connectivity index (χ4v) is 5.61. The third-order valence-corrected chi connectivity index (χ3v) is 6.93. The summed E-state index contributed by atoms with van der Waals surface area (Å²) in [5.74, 6) is 1.32. The lowest BCUT2D eigenvalue weighted by atomic mass is 9.83. The number of aromatic nitrogens is 3. The number of aryl methyl sites for hydroxylation is 1. The van der Waals surface area contributed by atoms with Gasteiger partial charge < -0.3 is 14.2 Å². The lowest BCUT2D eigenvalue weighted by Crippen LogP contribution is -2.42. The first-order valence-electron chi connectivity index (χ1n) is 10.8. The molecule has 0 bridgehead atoms. The minimum absolute atomic E-state index is 0.187. The van der Waals surface area contributed by atoms with Crippen LogP contribution in [0.2, 0.25) is 10.4 Å². The van der Waals surface area contributed by atoms with Crippen LogP contribution in [-0.2, 0) is 4.74 Å². The summed E-state index contributed by atoms with van der Waals surface area (Å²) in [6.45, 7) is 9.34. The van der Waals surface area contributed by atoms with Gasteiger partial charge in [0, 0.05) is 25.3 Å². The van der Waals surface area contributed by atoms with Crippen LogP contribution in [0.25, 0.3) is 11.0 Å². The van der Waals surface area contributed by atoms with Gasteiger partial charge in [-0.2, -0.15) is 4.98 Å². The molecule has 6 nitrogen and oxygen atoms in total. The summed E-state index contributed by atoms with van der Waals surface area (Å²) >= 11 is 12.4. The summed E-state index contributed by atoms with van der Waals surface area (Å²) in [6.07, 6.45) is 7.49. The lowest BCUT2D eigenvalue weighted by Gasteiger charge is -2.35. The van der Waals surface area contributed by atoms with Gasteiger partial charge in [0.25, 0.3) is 0 Å². The predicted molar refractivity (Wildman–Crippen MR) is 119 cm³/mol. The maximum Gasteiger partial charge on any atom is 0.410 e. The molecule has 1 saturated heterocycles. The van der Waals surface area contributed by atoms with E-state index in [9.17, 15) is 4.79 Å². The Balaban J connectivity index is 1.40. The molecular weight excluding hydrogens is 423 g/mol. The van der Waals surface area contributed by atoms with Gasteiger partial charge in [0.1, 0.15) is 16.4 Å². The van der Waals surface area contributed by atoms with Crippen LogP contribution in [0, 0.1) is 18.8 Å². The van der Waals surface area contributed by atoms with Crippen LogP contribution in [0.1, 0.15) is 64.5 Å². The molecule has 0 spiro atoms. The molecule has 1 amide bonds. The monoisotopic (exact) mass is 452 g/mol. The minimum Gasteiger partial charge on any atom is -0.444 e. The minimum atomic E-state index is -0.445. The number of likely N-dealkylation sites (tertiary alicyclic amines) is 1. The molecule has 2 aliphatic rings. The molecule has 164 valence electrons. The number of hydrogen-bond donors (Lipinski definition) is 0. The average molecular weight is 453 g/mol. The second kappa shape index (κ2) is 8.19. The van der Waals surface area contributed by atoms with Crippen LogP contribution in [-0.4, -0.2) is 44.2 Å². The average Bonchev–Trinajstić information content (AvgIpc) is 3.25. The van der Waals surface area contributed by atoms with Gasteiger partial charge in [-0.05, 0) is 88.8 Å². The van der Waals surface area contributed by atoms with Crippen molar-refractivity contribution in [1.82, 2.24) is 19.4 Å². The Morgan fingerprint density at radius 3 is 2.47 bits per heavy atom. The third-order valence-electron chi connectivity index (χ3n) is 6.49. The topological polar surface area (TPSA) is 60.2 Å². The number of piperidine rings is 1. The van der Waals surface area contributed by atoms with Crippen molar-refractivity contribution in [3.8, 4) is 0 Å². The third kappa shape index (κ3) is 4.40. The highest BCUT2D eigenvalue weighted by Gasteiger charge is 2.36. The fourth-order valence-electron chi connectivity index (χ4n) is 5.09. The van der Waals surface area contributed by atoms with E-state index in [1.165, 1.54) is 6.42 Å². The molecule has 2 aromatic rings. The smallest absolute Gasteiger partial charge is 0.410 e. The number of amides is 1. The van der Waals surface area contributed by atoms with Crippen LogP contribution in [0.15, 0.2) is 6.20 Å². The van der Waals surface area contributed by atoms with Crippen LogP contribution in [0.4, 0.5) is 4.79 Å². The summed E-state index contributed by atoms with van der Waals surface area (Å²) < 4.78 is 7.78. The van der Waals surface area contributed by atoms with Crippen LogP contribution in [0.5, 0.6) is 0 Å². The Morgan fingerprint density at radius 1 is 1.10 bits per heavy atom.